The van der Waals surface area contributed by atoms with E-state index in [0.717, 1.165) is 0 Å². The summed E-state index contributed by atoms with van der Waals surface area (Å²) in [5.41, 5.74) is 0.886. The Hall–Kier alpha value is -2.70. The first-order valence-electron chi connectivity index (χ1n) is 8.15. The zero-order valence-corrected chi connectivity index (χ0v) is 14.6. The summed E-state index contributed by atoms with van der Waals surface area (Å²) in [7, 11) is 3.76. The number of hydrogen-bond donors (Lipinski definition) is 0. The number of amides is 1. The van der Waals surface area contributed by atoms with Crippen molar-refractivity contribution in [2.45, 2.75) is 19.4 Å². The Labute approximate surface area is 146 Å². The van der Waals surface area contributed by atoms with Crippen molar-refractivity contribution in [3.8, 4) is 5.88 Å². The molecule has 1 aromatic carbocycles. The smallest absolute Gasteiger partial charge is 0.254 e. The molecule has 7 heteroatoms. The number of rotatable bonds is 4. The first-order chi connectivity index (χ1) is 11.9. The molecule has 0 bridgehead atoms. The van der Waals surface area contributed by atoms with E-state index in [1.807, 2.05) is 19.0 Å². The number of halogens is 1. The second kappa shape index (κ2) is 7.04. The molecule has 1 aromatic heterocycles. The minimum atomic E-state index is -0.367. The minimum absolute atomic E-state index is 0.147. The molecule has 1 amide bonds. The molecular weight excluding hydrogens is 323 g/mol. The van der Waals surface area contributed by atoms with E-state index in [1.165, 1.54) is 6.07 Å². The minimum Gasteiger partial charge on any atom is -0.471 e. The molecule has 1 saturated heterocycles. The van der Waals surface area contributed by atoms with Gasteiger partial charge in [0.05, 0.1) is 18.9 Å². The van der Waals surface area contributed by atoms with Crippen LogP contribution in [0.25, 0.3) is 0 Å². The summed E-state index contributed by atoms with van der Waals surface area (Å²) in [4.78, 5) is 24.5. The van der Waals surface area contributed by atoms with E-state index < -0.39 is 0 Å². The Morgan fingerprint density at radius 3 is 2.88 bits per heavy atom. The first kappa shape index (κ1) is 17.1. The lowest BCUT2D eigenvalue weighted by atomic mass is 10.1. The van der Waals surface area contributed by atoms with Crippen LogP contribution in [0.15, 0.2) is 30.6 Å². The highest BCUT2D eigenvalue weighted by molar-refractivity contribution is 5.94. The Morgan fingerprint density at radius 1 is 1.36 bits per heavy atom. The molecule has 0 aliphatic carbocycles. The summed E-state index contributed by atoms with van der Waals surface area (Å²) in [6.07, 6.45) is 3.77. The van der Waals surface area contributed by atoms with Gasteiger partial charge in [0.1, 0.15) is 11.9 Å². The van der Waals surface area contributed by atoms with E-state index in [1.54, 1.807) is 36.4 Å². The second-order valence-corrected chi connectivity index (χ2v) is 6.35. The molecule has 2 aromatic rings. The molecule has 0 radical (unpaired) electrons. The third kappa shape index (κ3) is 3.87. The number of nitrogens with zero attached hydrogens (tertiary/aromatic N) is 4. The third-order valence-electron chi connectivity index (χ3n) is 4.20. The maximum Gasteiger partial charge on any atom is 0.254 e. The summed E-state index contributed by atoms with van der Waals surface area (Å²) in [5.74, 6) is 0.595. The van der Waals surface area contributed by atoms with E-state index in [2.05, 4.69) is 9.97 Å². The van der Waals surface area contributed by atoms with Crippen LogP contribution in [0.3, 0.4) is 0 Å². The fraction of sp³-hybridized carbons (Fsp3) is 0.389. The van der Waals surface area contributed by atoms with Crippen molar-refractivity contribution in [3.63, 3.8) is 0 Å². The van der Waals surface area contributed by atoms with Gasteiger partial charge in [0, 0.05) is 32.6 Å². The van der Waals surface area contributed by atoms with Crippen LogP contribution in [0.2, 0.25) is 0 Å². The predicted molar refractivity (Wildman–Crippen MR) is 92.4 cm³/mol. The molecule has 1 fully saturated rings. The molecule has 6 nitrogen and oxygen atoms in total. The van der Waals surface area contributed by atoms with Crippen LogP contribution in [-0.2, 0) is 0 Å². The molecule has 2 heterocycles. The highest BCUT2D eigenvalue weighted by Gasteiger charge is 2.29. The summed E-state index contributed by atoms with van der Waals surface area (Å²) < 4.78 is 19.5. The number of carbonyl (C=O) groups excluding carboxylic acids is 1. The molecule has 132 valence electrons. The van der Waals surface area contributed by atoms with Crippen molar-refractivity contribution in [1.29, 1.82) is 0 Å². The number of benzene rings is 1. The fourth-order valence-electron chi connectivity index (χ4n) is 2.70. The predicted octanol–water partition coefficient (Wildman–Crippen LogP) is 2.28. The second-order valence-electron chi connectivity index (χ2n) is 6.35. The molecule has 0 spiro atoms. The van der Waals surface area contributed by atoms with Gasteiger partial charge < -0.3 is 14.5 Å². The largest absolute Gasteiger partial charge is 0.471 e. The summed E-state index contributed by atoms with van der Waals surface area (Å²) in [6.45, 7) is 2.69. The molecule has 1 aliphatic rings. The van der Waals surface area contributed by atoms with Crippen LogP contribution < -0.4 is 9.64 Å². The Balaban J connectivity index is 1.64. The standard InChI is InChI=1S/C18H21FN4O2/c1-12-4-5-13(8-15(12)19)18(24)23-7-6-14(11-23)25-17-10-20-9-16(21-17)22(2)3/h4-5,8-10,14H,6-7,11H2,1-3H3. The number of hydrogen-bond acceptors (Lipinski definition) is 5. The summed E-state index contributed by atoms with van der Waals surface area (Å²) in [5, 5.41) is 0. The molecule has 0 N–H and O–H groups in total. The number of likely N-dealkylation sites (tertiary alicyclic amines) is 1. The summed E-state index contributed by atoms with van der Waals surface area (Å²) >= 11 is 0. The third-order valence-corrected chi connectivity index (χ3v) is 4.20. The van der Waals surface area contributed by atoms with Crippen molar-refractivity contribution in [3.05, 3.63) is 47.5 Å². The van der Waals surface area contributed by atoms with Crippen LogP contribution >= 0.6 is 0 Å². The quantitative estimate of drug-likeness (QED) is 0.852. The lowest BCUT2D eigenvalue weighted by Gasteiger charge is -2.18. The van der Waals surface area contributed by atoms with Gasteiger partial charge in [-0.15, -0.1) is 0 Å². The molecule has 1 unspecified atom stereocenters. The number of aromatic nitrogens is 2. The Bertz CT molecular complexity index is 781. The van der Waals surface area contributed by atoms with Crippen LogP contribution in [0, 0.1) is 12.7 Å². The van der Waals surface area contributed by atoms with Gasteiger partial charge in [0.15, 0.2) is 5.82 Å². The topological polar surface area (TPSA) is 58.6 Å². The van der Waals surface area contributed by atoms with Crippen molar-refractivity contribution >= 4 is 11.7 Å². The zero-order chi connectivity index (χ0) is 18.0. The zero-order valence-electron chi connectivity index (χ0n) is 14.6. The van der Waals surface area contributed by atoms with Gasteiger partial charge in [-0.05, 0) is 24.6 Å². The number of ether oxygens (including phenoxy) is 1. The fourth-order valence-corrected chi connectivity index (χ4v) is 2.70. The maximum atomic E-state index is 13.7. The molecule has 0 saturated carbocycles. The van der Waals surface area contributed by atoms with E-state index in [4.69, 9.17) is 4.74 Å². The molecule has 25 heavy (non-hydrogen) atoms. The Morgan fingerprint density at radius 2 is 2.16 bits per heavy atom. The molecule has 1 atom stereocenters. The molecule has 1 aliphatic heterocycles. The van der Waals surface area contributed by atoms with E-state index >= 15 is 0 Å². The summed E-state index contributed by atoms with van der Waals surface area (Å²) in [6, 6.07) is 4.56. The lowest BCUT2D eigenvalue weighted by molar-refractivity contribution is 0.0770. The SMILES string of the molecule is Cc1ccc(C(=O)N2CCC(Oc3cncc(N(C)C)n3)C2)cc1F. The van der Waals surface area contributed by atoms with Crippen molar-refractivity contribution in [2.24, 2.45) is 0 Å². The average Bonchev–Trinajstić information content (AvgIpc) is 3.05. The van der Waals surface area contributed by atoms with Crippen LogP contribution in [-0.4, -0.2) is 54.1 Å². The lowest BCUT2D eigenvalue weighted by Crippen LogP contribution is -2.31. The van der Waals surface area contributed by atoms with Gasteiger partial charge in [-0.25, -0.2) is 4.39 Å². The van der Waals surface area contributed by atoms with Crippen LogP contribution in [0.4, 0.5) is 10.2 Å². The van der Waals surface area contributed by atoms with E-state index in [-0.39, 0.29) is 17.8 Å². The monoisotopic (exact) mass is 344 g/mol. The van der Waals surface area contributed by atoms with E-state index in [9.17, 15) is 9.18 Å². The van der Waals surface area contributed by atoms with Crippen LogP contribution in [0.1, 0.15) is 22.3 Å². The van der Waals surface area contributed by atoms with Gasteiger partial charge in [0.2, 0.25) is 5.88 Å². The van der Waals surface area contributed by atoms with Crippen molar-refractivity contribution in [1.82, 2.24) is 14.9 Å². The first-order valence-corrected chi connectivity index (χ1v) is 8.15. The van der Waals surface area contributed by atoms with Crippen LogP contribution in [0.5, 0.6) is 5.88 Å². The normalized spacial score (nSPS) is 16.8. The average molecular weight is 344 g/mol. The van der Waals surface area contributed by atoms with Gasteiger partial charge >= 0.3 is 0 Å². The number of anilines is 1. The van der Waals surface area contributed by atoms with Gasteiger partial charge in [-0.1, -0.05) is 6.07 Å². The van der Waals surface area contributed by atoms with Gasteiger partial charge in [-0.2, -0.15) is 4.98 Å². The number of aryl methyl sites for hydroxylation is 1. The Kier molecular flexibility index (Phi) is 4.83. The van der Waals surface area contributed by atoms with Gasteiger partial charge in [-0.3, -0.25) is 9.78 Å². The number of carbonyl (C=O) groups is 1. The van der Waals surface area contributed by atoms with Gasteiger partial charge in [0.25, 0.3) is 5.91 Å². The molecular formula is C18H21FN4O2. The highest BCUT2D eigenvalue weighted by atomic mass is 19.1. The maximum absolute atomic E-state index is 13.7. The highest BCUT2D eigenvalue weighted by Crippen LogP contribution is 2.20. The van der Waals surface area contributed by atoms with Crippen molar-refractivity contribution < 1.29 is 13.9 Å². The van der Waals surface area contributed by atoms with E-state index in [0.29, 0.717) is 42.3 Å². The van der Waals surface area contributed by atoms with Crippen molar-refractivity contribution in [2.75, 3.05) is 32.1 Å². The molecule has 3 rings (SSSR count).